The van der Waals surface area contributed by atoms with Crippen molar-refractivity contribution < 1.29 is 62.2 Å². The lowest BCUT2D eigenvalue weighted by Gasteiger charge is -2.68. The summed E-state index contributed by atoms with van der Waals surface area (Å²) in [6.45, 7) is 9.90. The van der Waals surface area contributed by atoms with Crippen LogP contribution in [0.5, 0.6) is 0 Å². The first-order valence-corrected chi connectivity index (χ1v) is 21.8. The molecule has 1 saturated heterocycles. The Hall–Kier alpha value is -1.16. The number of ketones is 1. The first-order chi connectivity index (χ1) is 22.5. The molecule has 1 aliphatic heterocycles. The third kappa shape index (κ3) is 6.42. The summed E-state index contributed by atoms with van der Waals surface area (Å²) in [5, 5.41) is 15.6. The van der Waals surface area contributed by atoms with Crippen molar-refractivity contribution in [1.82, 2.24) is 5.32 Å². The molecule has 10 unspecified atom stereocenters. The molecule has 48 heavy (non-hydrogen) atoms. The minimum atomic E-state index is -1.83. The van der Waals surface area contributed by atoms with E-state index < -0.39 is 88.6 Å². The van der Waals surface area contributed by atoms with Gasteiger partial charge in [-0.1, -0.05) is 13.8 Å². The Bertz CT molecular complexity index is 1280. The van der Waals surface area contributed by atoms with Gasteiger partial charge in [0.25, 0.3) is 0 Å². The van der Waals surface area contributed by atoms with Gasteiger partial charge in [0.2, 0.25) is 0 Å². The van der Waals surface area contributed by atoms with Gasteiger partial charge in [-0.05, 0) is 31.9 Å². The second-order valence-corrected chi connectivity index (χ2v) is 13.6. The van der Waals surface area contributed by atoms with Crippen molar-refractivity contribution in [3.63, 3.8) is 0 Å². The van der Waals surface area contributed by atoms with E-state index >= 15 is 4.79 Å². The van der Waals surface area contributed by atoms with Gasteiger partial charge >= 0.3 is 18.0 Å². The highest BCUT2D eigenvalue weighted by Crippen LogP contribution is 2.64. The van der Waals surface area contributed by atoms with Crippen LogP contribution in [0.4, 0.5) is 4.79 Å². The van der Waals surface area contributed by atoms with Crippen LogP contribution in [0, 0.1) is 16.7 Å². The Balaban J connectivity index is 0.00000307. The highest BCUT2D eigenvalue weighted by molar-refractivity contribution is 15.0. The second-order valence-electron chi connectivity index (χ2n) is 13.6. The van der Waals surface area contributed by atoms with Crippen molar-refractivity contribution in [3.05, 3.63) is 11.1 Å². The summed E-state index contributed by atoms with van der Waals surface area (Å²) in [7, 11) is 6.84. The van der Waals surface area contributed by atoms with Crippen LogP contribution >= 0.6 is 37.2 Å². The van der Waals surface area contributed by atoms with E-state index in [1.54, 1.807) is 34.6 Å². The van der Waals surface area contributed by atoms with E-state index in [1.165, 1.54) is 42.5 Å². The molecule has 16 heteroatoms. The summed E-state index contributed by atoms with van der Waals surface area (Å²) in [6, 6.07) is -0.834. The number of amides is 1. The Morgan fingerprint density at radius 2 is 1.67 bits per heavy atom. The molecular weight excluding hydrogens is 860 g/mol. The molecule has 11 atom stereocenters. The largest absolute Gasteiger partial charge is 0.456 e. The number of aliphatic hydroxyl groups is 1. The molecule has 4 rings (SSSR count). The number of fused-ring (bicyclic) bond motifs is 5. The number of halogens is 2. The first kappa shape index (κ1) is 41.3. The predicted octanol–water partition coefficient (Wildman–Crippen LogP) is 3.26. The zero-order valence-corrected chi connectivity index (χ0v) is 33.7. The minimum absolute atomic E-state index is 0.0179. The standard InChI is InChI=1S/C32H49NO13.I2/c1-15-18(45-27(36)22(40-8)16(2)33-28(37)43-11)13-32(38)26(42-10)24-30(6,25(35)23(41-9)21(15)29(32,4)5)19(39-7)12-20-31(24,14-44-20)46-17(3)34;1-2/h16,18-20,22-24,26,38H,12-14H2,1-11H3,(H,33,37);/t16?,18?,19?,20?,22?,23?,24?,26?,30-,31?,32?;/m1./s1. The van der Waals surface area contributed by atoms with Crippen LogP contribution in [-0.4, -0.2) is 125 Å². The van der Waals surface area contributed by atoms with Crippen LogP contribution in [0.15, 0.2) is 11.1 Å². The molecule has 0 aromatic heterocycles. The van der Waals surface area contributed by atoms with Crippen molar-refractivity contribution in [1.29, 1.82) is 0 Å². The predicted molar refractivity (Wildman–Crippen MR) is 188 cm³/mol. The highest BCUT2D eigenvalue weighted by Gasteiger charge is 2.77. The maximum Gasteiger partial charge on any atom is 0.407 e. The van der Waals surface area contributed by atoms with Crippen molar-refractivity contribution in [3.8, 4) is 0 Å². The molecule has 3 fully saturated rings. The number of carbonyl (C=O) groups is 4. The Kier molecular flexibility index (Phi) is 13.4. The fraction of sp³-hybridized carbons (Fsp3) is 0.812. The van der Waals surface area contributed by atoms with E-state index in [4.69, 9.17) is 33.2 Å². The SMILES string of the molecule is COC(=O)NC(C)C(OC)C(=O)OC1CC2(O)C(OC)C3C4(OC(C)=O)COC4CC(OC)[C@@]3(C)C(=O)C(OC)C(=C1C)C2(C)C.II. The Morgan fingerprint density at radius 3 is 2.12 bits per heavy atom. The molecule has 4 aliphatic rings. The summed E-state index contributed by atoms with van der Waals surface area (Å²) in [5.41, 5.74) is -4.77. The molecule has 2 N–H and O–H groups in total. The maximum absolute atomic E-state index is 15.0. The average Bonchev–Trinajstić information content (AvgIpc) is 3.02. The van der Waals surface area contributed by atoms with E-state index in [2.05, 4.69) is 47.3 Å². The molecule has 3 aliphatic carbocycles. The molecule has 0 radical (unpaired) electrons. The summed E-state index contributed by atoms with van der Waals surface area (Å²) in [4.78, 5) is 53.1. The van der Waals surface area contributed by atoms with E-state index in [0.717, 1.165) is 0 Å². The quantitative estimate of drug-likeness (QED) is 0.150. The molecule has 2 bridgehead atoms. The number of hydrogen-bond donors (Lipinski definition) is 2. The number of carbonyl (C=O) groups excluding carboxylic acids is 4. The molecule has 14 nitrogen and oxygen atoms in total. The van der Waals surface area contributed by atoms with Crippen LogP contribution < -0.4 is 5.32 Å². The summed E-state index contributed by atoms with van der Waals surface area (Å²) in [5.74, 6) is -2.70. The zero-order valence-electron chi connectivity index (χ0n) is 29.3. The topological polar surface area (TPSA) is 174 Å². The van der Waals surface area contributed by atoms with E-state index in [0.29, 0.717) is 11.1 Å². The van der Waals surface area contributed by atoms with Gasteiger partial charge < -0.3 is 48.3 Å². The van der Waals surface area contributed by atoms with Gasteiger partial charge in [-0.15, -0.1) is 0 Å². The van der Waals surface area contributed by atoms with Crippen molar-refractivity contribution >= 4 is 61.0 Å². The van der Waals surface area contributed by atoms with E-state index in [1.807, 2.05) is 0 Å². The van der Waals surface area contributed by atoms with Gasteiger partial charge in [0.1, 0.15) is 23.9 Å². The molecule has 0 spiro atoms. The minimum Gasteiger partial charge on any atom is -0.456 e. The molecular formula is C32H49I2NO13. The zero-order chi connectivity index (χ0) is 36.6. The summed E-state index contributed by atoms with van der Waals surface area (Å²) >= 11 is 4.24. The summed E-state index contributed by atoms with van der Waals surface area (Å²) < 4.78 is 46.2. The van der Waals surface area contributed by atoms with Crippen LogP contribution in [0.2, 0.25) is 0 Å². The van der Waals surface area contributed by atoms with Crippen LogP contribution in [-0.2, 0) is 52.3 Å². The summed E-state index contributed by atoms with van der Waals surface area (Å²) in [6.07, 6.45) is -6.62. The second kappa shape index (κ2) is 15.6. The average molecular weight is 910 g/mol. The van der Waals surface area contributed by atoms with Crippen LogP contribution in [0.1, 0.15) is 54.4 Å². The lowest BCUT2D eigenvalue weighted by molar-refractivity contribution is -0.350. The van der Waals surface area contributed by atoms with Gasteiger partial charge in [0, 0.05) is 96.8 Å². The number of alkyl carbamates (subject to hydrolysis) is 1. The number of Topliss-reactive ketones (excluding diaryl/α,β-unsaturated/α-hetero) is 1. The number of rotatable bonds is 9. The van der Waals surface area contributed by atoms with Crippen molar-refractivity contribution in [2.45, 2.75) is 108 Å². The van der Waals surface area contributed by atoms with Crippen LogP contribution in [0.25, 0.3) is 0 Å². The fourth-order valence-corrected chi connectivity index (χ4v) is 8.72. The molecule has 274 valence electrons. The van der Waals surface area contributed by atoms with E-state index in [9.17, 15) is 19.5 Å². The van der Waals surface area contributed by atoms with Gasteiger partial charge in [-0.3, -0.25) is 9.59 Å². The van der Waals surface area contributed by atoms with Crippen molar-refractivity contribution in [2.24, 2.45) is 16.7 Å². The lowest BCUT2D eigenvalue weighted by Crippen LogP contribution is -2.81. The first-order valence-electron chi connectivity index (χ1n) is 15.6. The Morgan fingerprint density at radius 1 is 1.04 bits per heavy atom. The van der Waals surface area contributed by atoms with Crippen molar-refractivity contribution in [2.75, 3.05) is 42.2 Å². The third-order valence-corrected chi connectivity index (χ3v) is 11.1. The number of methoxy groups -OCH3 is 5. The number of nitrogens with one attached hydrogen (secondary N) is 1. The third-order valence-electron chi connectivity index (χ3n) is 11.1. The maximum atomic E-state index is 15.0. The normalized spacial score (nSPS) is 37.8. The van der Waals surface area contributed by atoms with Gasteiger partial charge in [0.05, 0.1) is 37.4 Å². The fourth-order valence-electron chi connectivity index (χ4n) is 8.72. The molecule has 2 saturated carbocycles. The molecule has 0 aromatic carbocycles. The molecule has 1 heterocycles. The molecule has 1 amide bonds. The van der Waals surface area contributed by atoms with Gasteiger partial charge in [-0.25, -0.2) is 9.59 Å². The molecule has 0 aromatic rings. The number of esters is 2. The number of hydrogen-bond acceptors (Lipinski definition) is 13. The highest BCUT2D eigenvalue weighted by atomic mass is 128. The van der Waals surface area contributed by atoms with E-state index in [-0.39, 0.29) is 25.2 Å². The Labute approximate surface area is 305 Å². The smallest absolute Gasteiger partial charge is 0.407 e. The number of ether oxygens (including phenoxy) is 8. The lowest BCUT2D eigenvalue weighted by atomic mass is 9.44. The van der Waals surface area contributed by atoms with Gasteiger partial charge in [-0.2, -0.15) is 0 Å². The van der Waals surface area contributed by atoms with Crippen LogP contribution in [0.3, 0.4) is 0 Å². The monoisotopic (exact) mass is 909 g/mol. The van der Waals surface area contributed by atoms with Gasteiger partial charge in [0.15, 0.2) is 17.5 Å².